The summed E-state index contributed by atoms with van der Waals surface area (Å²) in [6, 6.07) is 0. The van der Waals surface area contributed by atoms with Gasteiger partial charge in [-0.3, -0.25) is 5.41 Å². The van der Waals surface area contributed by atoms with Crippen molar-refractivity contribution in [3.05, 3.63) is 0 Å². The van der Waals surface area contributed by atoms with E-state index in [0.29, 0.717) is 13.0 Å². The van der Waals surface area contributed by atoms with Gasteiger partial charge >= 0.3 is 0 Å². The molecule has 0 spiro atoms. The van der Waals surface area contributed by atoms with E-state index >= 15 is 0 Å². The van der Waals surface area contributed by atoms with E-state index in [-0.39, 0.29) is 5.84 Å². The Bertz CT molecular complexity index is 177. The summed E-state index contributed by atoms with van der Waals surface area (Å²) >= 11 is 0. The van der Waals surface area contributed by atoms with E-state index in [4.69, 9.17) is 20.6 Å². The van der Waals surface area contributed by atoms with Crippen LogP contribution >= 0.6 is 0 Å². The van der Waals surface area contributed by atoms with Gasteiger partial charge in [-0.15, -0.1) is 0 Å². The van der Waals surface area contributed by atoms with Crippen molar-refractivity contribution in [2.45, 2.75) is 19.8 Å². The molecule has 0 rings (SSSR count). The molecule has 16 heavy (non-hydrogen) atoms. The summed E-state index contributed by atoms with van der Waals surface area (Å²) in [4.78, 5) is 2.25. The third-order valence-corrected chi connectivity index (χ3v) is 2.28. The van der Waals surface area contributed by atoms with Crippen LogP contribution in [0.25, 0.3) is 0 Å². The molecule has 3 N–H and O–H groups in total. The lowest BCUT2D eigenvalue weighted by Crippen LogP contribution is -2.32. The molecular formula is C11H25N3O2. The first kappa shape index (κ1) is 15.3. The lowest BCUT2D eigenvalue weighted by atomic mass is 10.3. The van der Waals surface area contributed by atoms with Gasteiger partial charge in [-0.2, -0.15) is 0 Å². The van der Waals surface area contributed by atoms with Crippen molar-refractivity contribution in [1.29, 1.82) is 5.41 Å². The van der Waals surface area contributed by atoms with Gasteiger partial charge in [0.1, 0.15) is 0 Å². The van der Waals surface area contributed by atoms with Crippen molar-refractivity contribution in [3.63, 3.8) is 0 Å². The van der Waals surface area contributed by atoms with Crippen LogP contribution in [0.15, 0.2) is 0 Å². The van der Waals surface area contributed by atoms with Crippen molar-refractivity contribution < 1.29 is 9.47 Å². The summed E-state index contributed by atoms with van der Waals surface area (Å²) in [6.07, 6.45) is 1.63. The molecule has 0 aliphatic rings. The fourth-order valence-electron chi connectivity index (χ4n) is 1.37. The number of methoxy groups -OCH3 is 1. The van der Waals surface area contributed by atoms with Gasteiger partial charge in [-0.25, -0.2) is 0 Å². The molecular weight excluding hydrogens is 206 g/mol. The Balaban J connectivity index is 3.66. The minimum absolute atomic E-state index is 0.243. The first-order valence-electron chi connectivity index (χ1n) is 5.82. The number of hydrogen-bond donors (Lipinski definition) is 2. The smallest absolute Gasteiger partial charge is 0.0918 e. The summed E-state index contributed by atoms with van der Waals surface area (Å²) in [7, 11) is 1.70. The second-order valence-electron chi connectivity index (χ2n) is 3.66. The van der Waals surface area contributed by atoms with E-state index in [1.54, 1.807) is 7.11 Å². The fourth-order valence-corrected chi connectivity index (χ4v) is 1.37. The van der Waals surface area contributed by atoms with Crippen molar-refractivity contribution in [1.82, 2.24) is 4.90 Å². The molecule has 0 fully saturated rings. The molecule has 0 aliphatic carbocycles. The van der Waals surface area contributed by atoms with Crippen LogP contribution in [0.1, 0.15) is 19.8 Å². The second-order valence-corrected chi connectivity index (χ2v) is 3.66. The third kappa shape index (κ3) is 9.89. The van der Waals surface area contributed by atoms with Crippen molar-refractivity contribution in [2.75, 3.05) is 46.6 Å². The maximum atomic E-state index is 7.20. The van der Waals surface area contributed by atoms with E-state index in [2.05, 4.69) is 4.90 Å². The minimum atomic E-state index is 0.243. The molecule has 0 saturated heterocycles. The Hall–Kier alpha value is -0.650. The molecule has 0 aromatic heterocycles. The number of nitrogens with one attached hydrogen (secondary N) is 1. The Labute approximate surface area is 98.4 Å². The molecule has 0 aromatic carbocycles. The highest BCUT2D eigenvalue weighted by Gasteiger charge is 2.04. The molecule has 0 heterocycles. The Kier molecular flexibility index (Phi) is 10.4. The zero-order valence-corrected chi connectivity index (χ0v) is 10.5. The number of nitrogens with two attached hydrogens (primary N) is 1. The zero-order valence-electron chi connectivity index (χ0n) is 10.5. The topological polar surface area (TPSA) is 71.6 Å². The molecule has 0 atom stereocenters. The van der Waals surface area contributed by atoms with Crippen LogP contribution in [0.3, 0.4) is 0 Å². The standard InChI is InChI=1S/C11H25N3O2/c1-3-16-9-4-6-14(8-10-15-2)7-5-11(12)13/h3-10H2,1-2H3,(H3,12,13). The van der Waals surface area contributed by atoms with Crippen LogP contribution in [0, 0.1) is 5.41 Å². The summed E-state index contributed by atoms with van der Waals surface area (Å²) in [5, 5.41) is 7.20. The van der Waals surface area contributed by atoms with E-state index in [1.807, 2.05) is 6.92 Å². The maximum Gasteiger partial charge on any atom is 0.0918 e. The van der Waals surface area contributed by atoms with Crippen LogP contribution in [-0.4, -0.2) is 57.3 Å². The van der Waals surface area contributed by atoms with E-state index in [0.717, 1.165) is 39.3 Å². The minimum Gasteiger partial charge on any atom is -0.388 e. The van der Waals surface area contributed by atoms with Crippen molar-refractivity contribution in [3.8, 4) is 0 Å². The average Bonchev–Trinajstić information content (AvgIpc) is 2.26. The molecule has 0 bridgehead atoms. The van der Waals surface area contributed by atoms with E-state index in [9.17, 15) is 0 Å². The summed E-state index contributed by atoms with van der Waals surface area (Å²) in [5.74, 6) is 0.243. The first-order valence-corrected chi connectivity index (χ1v) is 5.82. The van der Waals surface area contributed by atoms with Crippen LogP contribution in [0.2, 0.25) is 0 Å². The van der Waals surface area contributed by atoms with Crippen molar-refractivity contribution in [2.24, 2.45) is 5.73 Å². The Morgan fingerprint density at radius 1 is 1.25 bits per heavy atom. The van der Waals surface area contributed by atoms with Gasteiger partial charge in [0.05, 0.1) is 12.4 Å². The van der Waals surface area contributed by atoms with E-state index in [1.165, 1.54) is 0 Å². The lowest BCUT2D eigenvalue weighted by Gasteiger charge is -2.21. The van der Waals surface area contributed by atoms with Crippen LogP contribution in [0.4, 0.5) is 0 Å². The maximum absolute atomic E-state index is 7.20. The summed E-state index contributed by atoms with van der Waals surface area (Å²) in [6.45, 7) is 6.95. The molecule has 0 unspecified atom stereocenters. The fraction of sp³-hybridized carbons (Fsp3) is 0.909. The molecule has 0 aliphatic heterocycles. The number of nitrogens with zero attached hydrogens (tertiary/aromatic N) is 1. The van der Waals surface area contributed by atoms with Crippen LogP contribution in [-0.2, 0) is 9.47 Å². The van der Waals surface area contributed by atoms with Crippen LogP contribution < -0.4 is 5.73 Å². The number of rotatable bonds is 11. The van der Waals surface area contributed by atoms with Gasteiger partial charge in [0.15, 0.2) is 0 Å². The first-order chi connectivity index (χ1) is 7.70. The normalized spacial score (nSPS) is 10.9. The molecule has 5 heteroatoms. The molecule has 0 amide bonds. The predicted molar refractivity (Wildman–Crippen MR) is 66.0 cm³/mol. The SMILES string of the molecule is CCOCCCN(CCOC)CCC(=N)N. The quantitative estimate of drug-likeness (QED) is 0.312. The monoisotopic (exact) mass is 231 g/mol. The Morgan fingerprint density at radius 3 is 2.56 bits per heavy atom. The van der Waals surface area contributed by atoms with Gasteiger partial charge in [0.25, 0.3) is 0 Å². The zero-order chi connectivity index (χ0) is 12.2. The van der Waals surface area contributed by atoms with Gasteiger partial charge in [-0.1, -0.05) is 0 Å². The lowest BCUT2D eigenvalue weighted by molar-refractivity contribution is 0.117. The molecule has 5 nitrogen and oxygen atoms in total. The van der Waals surface area contributed by atoms with Gasteiger partial charge < -0.3 is 20.1 Å². The highest BCUT2D eigenvalue weighted by atomic mass is 16.5. The molecule has 0 aromatic rings. The third-order valence-electron chi connectivity index (χ3n) is 2.28. The highest BCUT2D eigenvalue weighted by Crippen LogP contribution is 1.95. The van der Waals surface area contributed by atoms with Crippen molar-refractivity contribution >= 4 is 5.84 Å². The Morgan fingerprint density at radius 2 is 2.00 bits per heavy atom. The molecule has 96 valence electrons. The average molecular weight is 231 g/mol. The summed E-state index contributed by atoms with van der Waals surface area (Å²) in [5.41, 5.74) is 5.35. The highest BCUT2D eigenvalue weighted by molar-refractivity contribution is 5.76. The van der Waals surface area contributed by atoms with Crippen LogP contribution in [0.5, 0.6) is 0 Å². The van der Waals surface area contributed by atoms with Gasteiger partial charge in [0, 0.05) is 46.4 Å². The predicted octanol–water partition coefficient (Wildman–Crippen LogP) is 0.687. The number of ether oxygens (including phenoxy) is 2. The largest absolute Gasteiger partial charge is 0.388 e. The molecule has 0 radical (unpaired) electrons. The molecule has 0 saturated carbocycles. The second kappa shape index (κ2) is 10.9. The van der Waals surface area contributed by atoms with Gasteiger partial charge in [-0.05, 0) is 13.3 Å². The summed E-state index contributed by atoms with van der Waals surface area (Å²) < 4.78 is 10.3. The number of amidine groups is 1. The number of hydrogen-bond acceptors (Lipinski definition) is 4. The van der Waals surface area contributed by atoms with E-state index < -0.39 is 0 Å². The van der Waals surface area contributed by atoms with Gasteiger partial charge in [0.2, 0.25) is 0 Å².